The third-order valence-corrected chi connectivity index (χ3v) is 6.00. The molecule has 0 bridgehead atoms. The van der Waals surface area contributed by atoms with Gasteiger partial charge in [-0.05, 0) is 42.2 Å². The van der Waals surface area contributed by atoms with E-state index < -0.39 is 10.0 Å². The van der Waals surface area contributed by atoms with Crippen molar-refractivity contribution in [3.8, 4) is 5.75 Å². The molecule has 0 atom stereocenters. The standard InChI is InChI=1S/C23H28N6O4S/c1-17(2)16-33-19-14-26-22(27-15-19)28-34(31,32)20-9-7-18(8-10-20)11-13-25-23(30)29(3)21-6-4-5-12-24-21/h4-10,12,14-15,17H,11,13,16H2,1-3H3,(H,25,30)(H,26,27,28). The predicted octanol–water partition coefficient (Wildman–Crippen LogP) is 3.10. The molecule has 0 aliphatic rings. The maximum Gasteiger partial charge on any atom is 0.322 e. The van der Waals surface area contributed by atoms with Crippen molar-refractivity contribution in [1.82, 2.24) is 20.3 Å². The van der Waals surface area contributed by atoms with Crippen LogP contribution in [0.2, 0.25) is 0 Å². The number of nitrogens with one attached hydrogen (secondary N) is 2. The Morgan fingerprint density at radius 3 is 2.38 bits per heavy atom. The average Bonchev–Trinajstić information content (AvgIpc) is 2.83. The Kier molecular flexibility index (Phi) is 8.36. The number of carbonyl (C=O) groups is 1. The van der Waals surface area contributed by atoms with Crippen LogP contribution in [0.4, 0.5) is 16.6 Å². The molecule has 2 heterocycles. The Bertz CT molecular complexity index is 1170. The SMILES string of the molecule is CC(C)COc1cnc(NS(=O)(=O)c2ccc(CCNC(=O)N(C)c3ccccn3)cc2)nc1. The quantitative estimate of drug-likeness (QED) is 0.453. The van der Waals surface area contributed by atoms with Gasteiger partial charge in [0.2, 0.25) is 5.95 Å². The van der Waals surface area contributed by atoms with E-state index in [1.807, 2.05) is 13.8 Å². The Hall–Kier alpha value is -3.73. The molecule has 11 heteroatoms. The summed E-state index contributed by atoms with van der Waals surface area (Å²) in [4.78, 5) is 25.9. The number of benzene rings is 1. The van der Waals surface area contributed by atoms with Gasteiger partial charge in [-0.2, -0.15) is 0 Å². The van der Waals surface area contributed by atoms with Gasteiger partial charge in [0.1, 0.15) is 5.82 Å². The number of anilines is 2. The number of hydrogen-bond acceptors (Lipinski definition) is 7. The van der Waals surface area contributed by atoms with Crippen LogP contribution < -0.4 is 19.7 Å². The number of sulfonamides is 1. The number of rotatable bonds is 10. The van der Waals surface area contributed by atoms with Crippen molar-refractivity contribution < 1.29 is 17.9 Å². The smallest absolute Gasteiger partial charge is 0.322 e. The van der Waals surface area contributed by atoms with Crippen molar-refractivity contribution in [3.63, 3.8) is 0 Å². The van der Waals surface area contributed by atoms with Gasteiger partial charge in [0.25, 0.3) is 10.0 Å². The van der Waals surface area contributed by atoms with Gasteiger partial charge >= 0.3 is 6.03 Å². The zero-order valence-electron chi connectivity index (χ0n) is 19.3. The second-order valence-corrected chi connectivity index (χ2v) is 9.61. The third-order valence-electron chi connectivity index (χ3n) is 4.66. The number of ether oxygens (including phenoxy) is 1. The Morgan fingerprint density at radius 2 is 1.76 bits per heavy atom. The van der Waals surface area contributed by atoms with E-state index >= 15 is 0 Å². The van der Waals surface area contributed by atoms with Gasteiger partial charge in [-0.25, -0.2) is 32.9 Å². The largest absolute Gasteiger partial charge is 0.490 e. The molecule has 0 unspecified atom stereocenters. The molecule has 3 aromatic rings. The fraction of sp³-hybridized carbons (Fsp3) is 0.304. The van der Waals surface area contributed by atoms with Gasteiger partial charge in [0, 0.05) is 19.8 Å². The van der Waals surface area contributed by atoms with Crippen molar-refractivity contribution in [3.05, 3.63) is 66.6 Å². The normalized spacial score (nSPS) is 11.2. The van der Waals surface area contributed by atoms with Crippen LogP contribution >= 0.6 is 0 Å². The van der Waals surface area contributed by atoms with Crippen molar-refractivity contribution in [2.45, 2.75) is 25.2 Å². The lowest BCUT2D eigenvalue weighted by Gasteiger charge is -2.16. The van der Waals surface area contributed by atoms with Crippen molar-refractivity contribution in [2.75, 3.05) is 29.8 Å². The third kappa shape index (κ3) is 7.14. The zero-order chi connectivity index (χ0) is 24.6. The van der Waals surface area contributed by atoms with E-state index in [9.17, 15) is 13.2 Å². The van der Waals surface area contributed by atoms with Gasteiger partial charge in [-0.1, -0.05) is 32.0 Å². The predicted molar refractivity (Wildman–Crippen MR) is 129 cm³/mol. The summed E-state index contributed by atoms with van der Waals surface area (Å²) in [6.07, 6.45) is 5.01. The van der Waals surface area contributed by atoms with Crippen LogP contribution in [-0.2, 0) is 16.4 Å². The van der Waals surface area contributed by atoms with E-state index in [0.717, 1.165) is 5.56 Å². The highest BCUT2D eigenvalue weighted by Crippen LogP contribution is 2.16. The molecule has 2 aromatic heterocycles. The molecule has 10 nitrogen and oxygen atoms in total. The van der Waals surface area contributed by atoms with E-state index in [1.54, 1.807) is 43.6 Å². The number of carbonyl (C=O) groups excluding carboxylic acids is 1. The topological polar surface area (TPSA) is 126 Å². The number of pyridine rings is 1. The Balaban J connectivity index is 1.51. The Morgan fingerprint density at radius 1 is 1.06 bits per heavy atom. The highest BCUT2D eigenvalue weighted by molar-refractivity contribution is 7.92. The van der Waals surface area contributed by atoms with E-state index in [0.29, 0.717) is 37.1 Å². The summed E-state index contributed by atoms with van der Waals surface area (Å²) in [6.45, 7) is 4.95. The molecule has 0 aliphatic heterocycles. The molecular weight excluding hydrogens is 456 g/mol. The molecular formula is C23H28N6O4S. The first-order valence-electron chi connectivity index (χ1n) is 10.7. The van der Waals surface area contributed by atoms with Crippen LogP contribution in [0.3, 0.4) is 0 Å². The number of urea groups is 1. The zero-order valence-corrected chi connectivity index (χ0v) is 20.1. The molecule has 2 amide bonds. The van der Waals surface area contributed by atoms with Crippen LogP contribution in [0.15, 0.2) is 66.0 Å². The van der Waals surface area contributed by atoms with Crippen LogP contribution in [0.5, 0.6) is 5.75 Å². The number of hydrogen-bond donors (Lipinski definition) is 2. The fourth-order valence-electron chi connectivity index (χ4n) is 2.81. The molecule has 0 fully saturated rings. The molecule has 34 heavy (non-hydrogen) atoms. The lowest BCUT2D eigenvalue weighted by Crippen LogP contribution is -2.38. The first-order chi connectivity index (χ1) is 16.2. The van der Waals surface area contributed by atoms with Gasteiger partial charge in [0.15, 0.2) is 5.75 Å². The van der Waals surface area contributed by atoms with Crippen LogP contribution in [0.1, 0.15) is 19.4 Å². The van der Waals surface area contributed by atoms with Crippen LogP contribution in [-0.4, -0.2) is 49.6 Å². The maximum absolute atomic E-state index is 12.6. The minimum atomic E-state index is -3.84. The Labute approximate surface area is 199 Å². The molecule has 1 aromatic carbocycles. The molecule has 3 rings (SSSR count). The molecule has 2 N–H and O–H groups in total. The van der Waals surface area contributed by atoms with E-state index in [1.165, 1.54) is 29.4 Å². The summed E-state index contributed by atoms with van der Waals surface area (Å²) in [6, 6.07) is 11.5. The highest BCUT2D eigenvalue weighted by atomic mass is 32.2. The lowest BCUT2D eigenvalue weighted by molar-refractivity contribution is 0.247. The summed E-state index contributed by atoms with van der Waals surface area (Å²) in [5.41, 5.74) is 0.877. The van der Waals surface area contributed by atoms with Gasteiger partial charge in [-0.15, -0.1) is 0 Å². The van der Waals surface area contributed by atoms with Crippen molar-refractivity contribution >= 4 is 27.8 Å². The van der Waals surface area contributed by atoms with Crippen molar-refractivity contribution in [1.29, 1.82) is 0 Å². The summed E-state index contributed by atoms with van der Waals surface area (Å²) in [5, 5.41) is 2.82. The minimum Gasteiger partial charge on any atom is -0.490 e. The first-order valence-corrected chi connectivity index (χ1v) is 12.2. The summed E-state index contributed by atoms with van der Waals surface area (Å²) < 4.78 is 33.1. The maximum atomic E-state index is 12.6. The molecule has 0 saturated carbocycles. The van der Waals surface area contributed by atoms with Crippen LogP contribution in [0, 0.1) is 5.92 Å². The summed E-state index contributed by atoms with van der Waals surface area (Å²) in [5.74, 6) is 1.33. The first kappa shape index (κ1) is 24.9. The van der Waals surface area contributed by atoms with E-state index in [-0.39, 0.29) is 16.9 Å². The number of amides is 2. The molecule has 0 spiro atoms. The van der Waals surface area contributed by atoms with Gasteiger partial charge in [0.05, 0.1) is 23.9 Å². The van der Waals surface area contributed by atoms with Crippen LogP contribution in [0.25, 0.3) is 0 Å². The second-order valence-electron chi connectivity index (χ2n) is 7.93. The molecule has 0 radical (unpaired) electrons. The second kappa shape index (κ2) is 11.4. The van der Waals surface area contributed by atoms with Gasteiger partial charge < -0.3 is 10.1 Å². The fourth-order valence-corrected chi connectivity index (χ4v) is 3.77. The highest BCUT2D eigenvalue weighted by Gasteiger charge is 2.16. The monoisotopic (exact) mass is 484 g/mol. The van der Waals surface area contributed by atoms with E-state index in [4.69, 9.17) is 4.74 Å². The average molecular weight is 485 g/mol. The lowest BCUT2D eigenvalue weighted by atomic mass is 10.1. The summed E-state index contributed by atoms with van der Waals surface area (Å²) >= 11 is 0. The van der Waals surface area contributed by atoms with Crippen molar-refractivity contribution in [2.24, 2.45) is 5.92 Å². The molecule has 0 aliphatic carbocycles. The minimum absolute atomic E-state index is 0.0410. The number of nitrogens with zero attached hydrogens (tertiary/aromatic N) is 4. The molecule has 0 saturated heterocycles. The number of aromatic nitrogens is 3. The molecule has 180 valence electrons. The van der Waals surface area contributed by atoms with E-state index in [2.05, 4.69) is 25.0 Å². The van der Waals surface area contributed by atoms with Gasteiger partial charge in [-0.3, -0.25) is 4.90 Å². The summed E-state index contributed by atoms with van der Waals surface area (Å²) in [7, 11) is -2.20.